The number of rotatable bonds is 2. The highest BCUT2D eigenvalue weighted by Crippen LogP contribution is 2.51. The third kappa shape index (κ3) is 2.20. The van der Waals surface area contributed by atoms with Gasteiger partial charge < -0.3 is 4.57 Å². The monoisotopic (exact) mass is 344 g/mol. The lowest BCUT2D eigenvalue weighted by atomic mass is 9.75. The minimum absolute atomic E-state index is 0.636. The summed E-state index contributed by atoms with van der Waals surface area (Å²) in [6, 6.07) is 2.89. The molecule has 134 valence electrons. The molecule has 1 aliphatic heterocycles. The fourth-order valence-electron chi connectivity index (χ4n) is 6.15. The van der Waals surface area contributed by atoms with E-state index < -0.39 is 0 Å². The zero-order chi connectivity index (χ0) is 17.3. The Morgan fingerprint density at radius 2 is 2.15 bits per heavy atom. The minimum atomic E-state index is 0.636. The summed E-state index contributed by atoms with van der Waals surface area (Å²) in [6.07, 6.45) is 21.0. The zero-order valence-corrected chi connectivity index (χ0v) is 15.7. The Kier molecular flexibility index (Phi) is 3.27. The number of hydrogen-bond acceptors (Lipinski definition) is 1. The molecule has 2 aromatic heterocycles. The summed E-state index contributed by atoms with van der Waals surface area (Å²) in [4.78, 5) is 4.45. The van der Waals surface area contributed by atoms with Crippen molar-refractivity contribution in [1.82, 2.24) is 9.55 Å². The average Bonchev–Trinajstić information content (AvgIpc) is 3.29. The first-order valence-electron chi connectivity index (χ1n) is 10.6. The summed E-state index contributed by atoms with van der Waals surface area (Å²) in [5, 5.41) is 1.40. The first kappa shape index (κ1) is 15.2. The van der Waals surface area contributed by atoms with Gasteiger partial charge in [-0.1, -0.05) is 25.2 Å². The van der Waals surface area contributed by atoms with Crippen LogP contribution >= 0.6 is 0 Å². The van der Waals surface area contributed by atoms with E-state index in [1.807, 2.05) is 6.20 Å². The molecule has 5 atom stereocenters. The molecule has 4 aliphatic rings. The van der Waals surface area contributed by atoms with Gasteiger partial charge in [-0.05, 0) is 85.8 Å². The van der Waals surface area contributed by atoms with Gasteiger partial charge in [0.05, 0.1) is 11.2 Å². The van der Waals surface area contributed by atoms with Crippen LogP contribution in [0.15, 0.2) is 36.7 Å². The number of allylic oxidation sites excluding steroid dienone is 4. The SMILES string of the molecule is CC1CC1CC1CCC2C(C=CC3=CCCc4c3n2c2ccncc42)C1. The van der Waals surface area contributed by atoms with Crippen LogP contribution in [-0.2, 0) is 6.42 Å². The van der Waals surface area contributed by atoms with Crippen LogP contribution in [0.5, 0.6) is 0 Å². The Labute approximate surface area is 156 Å². The second-order valence-electron chi connectivity index (χ2n) is 9.27. The predicted octanol–water partition coefficient (Wildman–Crippen LogP) is 5.94. The number of nitrogens with zero attached hydrogens (tertiary/aromatic N) is 2. The van der Waals surface area contributed by atoms with Crippen molar-refractivity contribution in [1.29, 1.82) is 0 Å². The number of fused-ring (bicyclic) bond motifs is 5. The molecule has 26 heavy (non-hydrogen) atoms. The summed E-state index contributed by atoms with van der Waals surface area (Å²) in [7, 11) is 0. The molecule has 2 heteroatoms. The van der Waals surface area contributed by atoms with Gasteiger partial charge in [0.1, 0.15) is 0 Å². The van der Waals surface area contributed by atoms with E-state index in [2.05, 4.69) is 47.0 Å². The van der Waals surface area contributed by atoms with Crippen LogP contribution in [0.25, 0.3) is 16.5 Å². The number of pyridine rings is 1. The molecule has 0 radical (unpaired) electrons. The lowest BCUT2D eigenvalue weighted by molar-refractivity contribution is 0.207. The third-order valence-electron chi connectivity index (χ3n) is 7.68. The molecular weight excluding hydrogens is 316 g/mol. The molecule has 2 aromatic rings. The highest BCUT2D eigenvalue weighted by Gasteiger charge is 2.39. The molecule has 0 bridgehead atoms. The third-order valence-corrected chi connectivity index (χ3v) is 7.68. The lowest BCUT2D eigenvalue weighted by Gasteiger charge is -2.36. The quantitative estimate of drug-likeness (QED) is 0.659. The summed E-state index contributed by atoms with van der Waals surface area (Å²) in [5.74, 6) is 3.67. The smallest absolute Gasteiger partial charge is 0.0524 e. The van der Waals surface area contributed by atoms with Crippen molar-refractivity contribution in [3.63, 3.8) is 0 Å². The van der Waals surface area contributed by atoms with Crippen molar-refractivity contribution in [3.8, 4) is 0 Å². The van der Waals surface area contributed by atoms with E-state index in [0.29, 0.717) is 12.0 Å². The molecule has 0 saturated heterocycles. The summed E-state index contributed by atoms with van der Waals surface area (Å²) in [6.45, 7) is 2.43. The first-order chi connectivity index (χ1) is 12.8. The van der Waals surface area contributed by atoms with Crippen molar-refractivity contribution in [2.24, 2.45) is 23.7 Å². The second kappa shape index (κ2) is 5.58. The maximum absolute atomic E-state index is 4.45. The Balaban J connectivity index is 1.43. The van der Waals surface area contributed by atoms with Crippen molar-refractivity contribution < 1.29 is 0 Å². The molecule has 0 N–H and O–H groups in total. The molecule has 3 aliphatic carbocycles. The molecule has 0 aromatic carbocycles. The number of aryl methyl sites for hydroxylation is 1. The molecule has 3 heterocycles. The van der Waals surface area contributed by atoms with Crippen molar-refractivity contribution in [2.75, 3.05) is 0 Å². The Bertz CT molecular complexity index is 931. The zero-order valence-electron chi connectivity index (χ0n) is 15.7. The maximum Gasteiger partial charge on any atom is 0.0524 e. The van der Waals surface area contributed by atoms with Crippen LogP contribution in [0.2, 0.25) is 0 Å². The van der Waals surface area contributed by atoms with Gasteiger partial charge in [0.2, 0.25) is 0 Å². The second-order valence-corrected chi connectivity index (χ2v) is 9.27. The molecule has 2 nitrogen and oxygen atoms in total. The van der Waals surface area contributed by atoms with E-state index in [-0.39, 0.29) is 0 Å². The van der Waals surface area contributed by atoms with Crippen molar-refractivity contribution >= 4 is 16.5 Å². The minimum Gasteiger partial charge on any atom is -0.336 e. The molecule has 0 amide bonds. The van der Waals surface area contributed by atoms with Crippen LogP contribution in [-0.4, -0.2) is 9.55 Å². The lowest BCUT2D eigenvalue weighted by Crippen LogP contribution is -2.27. The van der Waals surface area contributed by atoms with E-state index in [1.165, 1.54) is 60.7 Å². The molecule has 2 saturated carbocycles. The first-order valence-corrected chi connectivity index (χ1v) is 10.6. The van der Waals surface area contributed by atoms with Gasteiger partial charge >= 0.3 is 0 Å². The number of aromatic nitrogens is 2. The summed E-state index contributed by atoms with van der Waals surface area (Å²) < 4.78 is 2.72. The van der Waals surface area contributed by atoms with E-state index in [4.69, 9.17) is 0 Å². The highest BCUT2D eigenvalue weighted by molar-refractivity contribution is 5.92. The molecule has 5 unspecified atom stereocenters. The van der Waals surface area contributed by atoms with Gasteiger partial charge in [-0.15, -0.1) is 0 Å². The Morgan fingerprint density at radius 3 is 3.04 bits per heavy atom. The normalized spacial score (nSPS) is 34.8. The standard InChI is InChI=1S/C24H28N2/c1-15-11-19(15)13-16-5-8-22-18(12-16)7-6-17-3-2-4-20-21-14-25-10-9-23(21)26(22)24(17)20/h3,6-7,9-10,14-16,18-19,22H,2,4-5,8,11-13H2,1H3. The van der Waals surface area contributed by atoms with Crippen LogP contribution in [0, 0.1) is 23.7 Å². The van der Waals surface area contributed by atoms with Gasteiger partial charge in [0.15, 0.2) is 0 Å². The van der Waals surface area contributed by atoms with E-state index >= 15 is 0 Å². The molecular formula is C24H28N2. The van der Waals surface area contributed by atoms with Gasteiger partial charge in [-0.3, -0.25) is 4.98 Å². The van der Waals surface area contributed by atoms with Crippen LogP contribution < -0.4 is 0 Å². The fraction of sp³-hybridized carbons (Fsp3) is 0.542. The maximum atomic E-state index is 4.45. The van der Waals surface area contributed by atoms with E-state index in [1.54, 1.807) is 5.56 Å². The fourth-order valence-corrected chi connectivity index (χ4v) is 6.15. The molecule has 0 spiro atoms. The summed E-state index contributed by atoms with van der Waals surface area (Å²) in [5.41, 5.74) is 5.94. The van der Waals surface area contributed by atoms with Gasteiger partial charge in [-0.25, -0.2) is 0 Å². The largest absolute Gasteiger partial charge is 0.336 e. The summed E-state index contributed by atoms with van der Waals surface area (Å²) >= 11 is 0. The van der Waals surface area contributed by atoms with Gasteiger partial charge in [-0.2, -0.15) is 0 Å². The highest BCUT2D eigenvalue weighted by atomic mass is 15.0. The number of hydrogen-bond donors (Lipinski definition) is 0. The van der Waals surface area contributed by atoms with E-state index in [0.717, 1.165) is 24.2 Å². The van der Waals surface area contributed by atoms with Crippen molar-refractivity contribution in [2.45, 2.75) is 57.9 Å². The van der Waals surface area contributed by atoms with Crippen LogP contribution in [0.3, 0.4) is 0 Å². The van der Waals surface area contributed by atoms with Crippen LogP contribution in [0.1, 0.15) is 62.7 Å². The molecule has 2 fully saturated rings. The predicted molar refractivity (Wildman–Crippen MR) is 107 cm³/mol. The Morgan fingerprint density at radius 1 is 1.23 bits per heavy atom. The van der Waals surface area contributed by atoms with Gasteiger partial charge in [0.25, 0.3) is 0 Å². The molecule has 6 rings (SSSR count). The van der Waals surface area contributed by atoms with E-state index in [9.17, 15) is 0 Å². The van der Waals surface area contributed by atoms with Gasteiger partial charge in [0, 0.05) is 23.8 Å². The Hall–Kier alpha value is -1.83. The van der Waals surface area contributed by atoms with Crippen molar-refractivity contribution in [3.05, 3.63) is 47.9 Å². The van der Waals surface area contributed by atoms with Crippen LogP contribution in [0.4, 0.5) is 0 Å². The topological polar surface area (TPSA) is 17.8 Å². The average molecular weight is 345 g/mol.